The van der Waals surface area contributed by atoms with Gasteiger partial charge in [-0.3, -0.25) is 0 Å². The summed E-state index contributed by atoms with van der Waals surface area (Å²) in [7, 11) is 0. The third-order valence-electron chi connectivity index (χ3n) is 0. The van der Waals surface area contributed by atoms with E-state index < -0.39 is 12.5 Å². The molecule has 0 heterocycles. The van der Waals surface area contributed by atoms with Gasteiger partial charge in [0.25, 0.3) is 0 Å². The molecular weight excluding hydrogens is 154 g/mol. The van der Waals surface area contributed by atoms with Gasteiger partial charge in [0.15, 0.2) is 0 Å². The van der Waals surface area contributed by atoms with E-state index in [0.717, 1.165) is 0 Å². The maximum absolute atomic E-state index is 9.53. The summed E-state index contributed by atoms with van der Waals surface area (Å²) in [6, 6.07) is 0. The van der Waals surface area contributed by atoms with Gasteiger partial charge in [0, 0.05) is 0 Å². The van der Waals surface area contributed by atoms with E-state index >= 15 is 0 Å². The van der Waals surface area contributed by atoms with Crippen molar-refractivity contribution in [1.82, 2.24) is 0 Å². The van der Waals surface area contributed by atoms with Gasteiger partial charge in [-0.2, -0.15) is 0 Å². The van der Waals surface area contributed by atoms with Crippen molar-refractivity contribution in [3.63, 3.8) is 0 Å². The van der Waals surface area contributed by atoms with Crippen molar-refractivity contribution >= 4 is 23.4 Å². The summed E-state index contributed by atoms with van der Waals surface area (Å²) in [6.07, 6.45) is 6.97. The quantitative estimate of drug-likeness (QED) is 0.306. The average Bonchev–Trinajstić information content (AvgIpc) is 1.63. The standard InChI is InChI=1S/C3H7O.C3H9Si.C2H2.2Li/c1-3(2)4;1-4(2)3;1-2;;/h3H,1-2H3;1-3H3;1-2H;;/q-1;;;;+1. The second-order valence-corrected chi connectivity index (χ2v) is 10.0. The van der Waals surface area contributed by atoms with Crippen LogP contribution in [0.3, 0.4) is 0 Å². The normalized spacial score (nSPS) is 8.25. The first kappa shape index (κ1) is 23.1. The van der Waals surface area contributed by atoms with E-state index in [2.05, 4.69) is 49.5 Å². The van der Waals surface area contributed by atoms with Crippen LogP contribution in [0.1, 0.15) is 13.8 Å². The van der Waals surface area contributed by atoms with Gasteiger partial charge in [-0.15, -0.1) is 19.0 Å². The Morgan fingerprint density at radius 3 is 1.17 bits per heavy atom. The second-order valence-electron chi connectivity index (χ2n) is 4.05. The van der Waals surface area contributed by atoms with Gasteiger partial charge in [0.2, 0.25) is 0 Å². The molecule has 0 aromatic heterocycles. The molecule has 0 rings (SSSR count). The van der Waals surface area contributed by atoms with Gasteiger partial charge < -0.3 is 5.11 Å². The van der Waals surface area contributed by atoms with Crippen LogP contribution in [0.2, 0.25) is 19.6 Å². The predicted octanol–water partition coefficient (Wildman–Crippen LogP) is -2.00. The Morgan fingerprint density at radius 2 is 1.17 bits per heavy atom. The van der Waals surface area contributed by atoms with Crippen molar-refractivity contribution in [3.05, 3.63) is 0 Å². The minimum atomic E-state index is -0.611. The molecule has 0 atom stereocenters. The molecule has 0 spiro atoms. The van der Waals surface area contributed by atoms with Crippen LogP contribution >= 0.6 is 0 Å². The summed E-state index contributed by atoms with van der Waals surface area (Å²) in [4.78, 5) is 0. The van der Waals surface area contributed by atoms with Crippen LogP contribution in [0.15, 0.2) is 0 Å². The molecule has 0 saturated heterocycles. The minimum absolute atomic E-state index is 0. The Bertz CT molecular complexity index is 78.0. The summed E-state index contributed by atoms with van der Waals surface area (Å²) in [5, 5.41) is 9.53. The van der Waals surface area contributed by atoms with Crippen molar-refractivity contribution in [2.24, 2.45) is 0 Å². The zero-order valence-electron chi connectivity index (χ0n) is 9.64. The Labute approximate surface area is 99.4 Å². The van der Waals surface area contributed by atoms with Crippen LogP contribution in [-0.2, 0) is 0 Å². The topological polar surface area (TPSA) is 23.1 Å². The van der Waals surface area contributed by atoms with E-state index in [0.29, 0.717) is 0 Å². The summed E-state index contributed by atoms with van der Waals surface area (Å²) in [5.74, 6) is 0. The zero-order valence-corrected chi connectivity index (χ0v) is 10.6. The fraction of sp³-hybridized carbons (Fsp3) is 0.750. The molecule has 12 heavy (non-hydrogen) atoms. The molecule has 0 N–H and O–H groups in total. The molecule has 62 valence electrons. The molecule has 0 aromatic carbocycles. The molecule has 0 aliphatic rings. The predicted molar refractivity (Wildman–Crippen MR) is 54.1 cm³/mol. The van der Waals surface area contributed by atoms with E-state index in [1.807, 2.05) is 0 Å². The van der Waals surface area contributed by atoms with E-state index in [1.165, 1.54) is 0 Å². The average molecular weight is 172 g/mol. The van der Waals surface area contributed by atoms with Crippen molar-refractivity contribution in [1.29, 1.82) is 0 Å². The van der Waals surface area contributed by atoms with Crippen LogP contribution in [-0.4, -0.2) is 29.5 Å². The summed E-state index contributed by atoms with van der Waals surface area (Å²) in [6.45, 7) is 10.2. The van der Waals surface area contributed by atoms with Crippen LogP contribution in [0.4, 0.5) is 0 Å². The molecule has 0 aromatic rings. The van der Waals surface area contributed by atoms with Gasteiger partial charge in [0.05, 0.1) is 0 Å². The second kappa shape index (κ2) is 14.5. The Balaban J connectivity index is -0.0000000419. The fourth-order valence-electron chi connectivity index (χ4n) is 0. The molecule has 0 saturated carbocycles. The number of rotatable bonds is 0. The SMILES string of the molecule is C#C.CC(C)[O-].[Li+].[Li][Si](C)(C)C. The van der Waals surface area contributed by atoms with E-state index in [4.69, 9.17) is 0 Å². The molecule has 0 bridgehead atoms. The van der Waals surface area contributed by atoms with E-state index in [9.17, 15) is 5.11 Å². The summed E-state index contributed by atoms with van der Waals surface area (Å²) >= 11 is 2.33. The molecular formula is C8H18Li2OSi. The summed E-state index contributed by atoms with van der Waals surface area (Å²) < 4.78 is 0. The van der Waals surface area contributed by atoms with Gasteiger partial charge in [0.1, 0.15) is 0 Å². The zero-order chi connectivity index (χ0) is 10.1. The molecule has 0 fully saturated rings. The van der Waals surface area contributed by atoms with Gasteiger partial charge in [-0.25, -0.2) is 0 Å². The van der Waals surface area contributed by atoms with Crippen molar-refractivity contribution in [3.8, 4) is 12.8 Å². The first-order valence-electron chi connectivity index (χ1n) is 3.72. The van der Waals surface area contributed by atoms with Crippen LogP contribution in [0, 0.1) is 12.8 Å². The third kappa shape index (κ3) is 1240. The summed E-state index contributed by atoms with van der Waals surface area (Å²) in [5.41, 5.74) is 0. The first-order valence-corrected chi connectivity index (χ1v) is 7.72. The molecule has 0 radical (unpaired) electrons. The van der Waals surface area contributed by atoms with Crippen molar-refractivity contribution in [2.75, 3.05) is 0 Å². The van der Waals surface area contributed by atoms with Gasteiger partial charge in [-0.1, -0.05) is 13.8 Å². The van der Waals surface area contributed by atoms with Crippen LogP contribution in [0.5, 0.6) is 0 Å². The number of hydrogen-bond donors (Lipinski definition) is 0. The molecule has 1 nitrogen and oxygen atoms in total. The van der Waals surface area contributed by atoms with Gasteiger partial charge >= 0.3 is 61.9 Å². The molecule has 4 heteroatoms. The first-order chi connectivity index (χ1) is 4.73. The molecule has 0 unspecified atom stereocenters. The third-order valence-corrected chi connectivity index (χ3v) is 0. The number of hydrogen-bond acceptors (Lipinski definition) is 1. The van der Waals surface area contributed by atoms with Crippen LogP contribution < -0.4 is 24.0 Å². The Kier molecular flexibility index (Phi) is 27.8. The number of terminal acetylenes is 1. The Hall–Kier alpha value is 0.932. The molecule has 0 aliphatic heterocycles. The monoisotopic (exact) mass is 172 g/mol. The van der Waals surface area contributed by atoms with Crippen LogP contribution in [0.25, 0.3) is 0 Å². The molecule has 0 aliphatic carbocycles. The fourth-order valence-corrected chi connectivity index (χ4v) is 0. The van der Waals surface area contributed by atoms with Crippen molar-refractivity contribution < 1.29 is 24.0 Å². The molecule has 0 amide bonds. The van der Waals surface area contributed by atoms with E-state index in [-0.39, 0.29) is 18.9 Å². The van der Waals surface area contributed by atoms with Crippen molar-refractivity contribution in [2.45, 2.75) is 39.6 Å². The van der Waals surface area contributed by atoms with E-state index in [1.54, 1.807) is 13.8 Å². The Morgan fingerprint density at radius 1 is 1.17 bits per heavy atom. The maximum atomic E-state index is 9.53. The van der Waals surface area contributed by atoms with Gasteiger partial charge in [-0.05, 0) is 0 Å².